The fourth-order valence-electron chi connectivity index (χ4n) is 3.65. The summed E-state index contributed by atoms with van der Waals surface area (Å²) in [4.78, 5) is 11.6. The number of hydrogen-bond acceptors (Lipinski definition) is 9. The average Bonchev–Trinajstić information content (AvgIpc) is 3.38. The van der Waals surface area contributed by atoms with Crippen molar-refractivity contribution in [2.24, 2.45) is 0 Å². The topological polar surface area (TPSA) is 107 Å². The van der Waals surface area contributed by atoms with Crippen LogP contribution in [-0.2, 0) is 0 Å². The number of nitrogen functional groups attached to an aromatic ring is 1. The molecule has 5 rings (SSSR count). The van der Waals surface area contributed by atoms with E-state index in [9.17, 15) is 0 Å². The van der Waals surface area contributed by atoms with E-state index in [1.807, 2.05) is 18.2 Å². The van der Waals surface area contributed by atoms with Gasteiger partial charge in [0.15, 0.2) is 11.5 Å². The summed E-state index contributed by atoms with van der Waals surface area (Å²) in [6, 6.07) is 5.75. The first-order valence-corrected chi connectivity index (χ1v) is 9.62. The van der Waals surface area contributed by atoms with Crippen molar-refractivity contribution in [3.05, 3.63) is 29.5 Å². The fraction of sp³-hybridized carbons (Fsp3) is 0.353. The van der Waals surface area contributed by atoms with Gasteiger partial charge in [-0.25, -0.2) is 9.97 Å². The molecule has 9 nitrogen and oxygen atoms in total. The van der Waals surface area contributed by atoms with E-state index in [0.29, 0.717) is 22.9 Å². The Labute approximate surface area is 158 Å². The smallest absolute Gasteiger partial charge is 0.223 e. The second-order valence-electron chi connectivity index (χ2n) is 6.54. The summed E-state index contributed by atoms with van der Waals surface area (Å²) < 4.78 is 7.04. The molecule has 1 aromatic carbocycles. The van der Waals surface area contributed by atoms with Gasteiger partial charge < -0.3 is 15.4 Å². The summed E-state index contributed by atoms with van der Waals surface area (Å²) in [6.45, 7) is 1.80. The standard InChI is InChI=1S/C17H18N8OS/c1-26-12-6-2-5-11-13(12)20-16(18)25-15(11)21-14(23-25)10-4-3-7-24(8-10)17-22-19-9-27-17/h2,5-6,9-10H,3-4,7-8H2,1H3,(H2,18,20)/t10-/m1/s1. The molecule has 1 saturated heterocycles. The van der Waals surface area contributed by atoms with Crippen molar-refractivity contribution in [1.82, 2.24) is 29.8 Å². The molecule has 4 aromatic rings. The lowest BCUT2D eigenvalue weighted by Crippen LogP contribution is -2.34. The SMILES string of the molecule is COc1cccc2c1nc(N)n1nc([C@@H]3CCCN(c4nncs4)C3)nc21. The molecule has 0 saturated carbocycles. The number of rotatable bonds is 3. The van der Waals surface area contributed by atoms with Gasteiger partial charge in [0, 0.05) is 24.4 Å². The molecule has 27 heavy (non-hydrogen) atoms. The van der Waals surface area contributed by atoms with Crippen LogP contribution in [0.1, 0.15) is 24.6 Å². The monoisotopic (exact) mass is 382 g/mol. The molecule has 2 N–H and O–H groups in total. The molecule has 1 atom stereocenters. The van der Waals surface area contributed by atoms with Crippen molar-refractivity contribution in [1.29, 1.82) is 0 Å². The van der Waals surface area contributed by atoms with Crippen LogP contribution in [0.3, 0.4) is 0 Å². The molecule has 0 aliphatic carbocycles. The Hall–Kier alpha value is -3.01. The minimum absolute atomic E-state index is 0.211. The Morgan fingerprint density at radius 1 is 1.30 bits per heavy atom. The van der Waals surface area contributed by atoms with E-state index in [1.54, 1.807) is 28.5 Å². The number of para-hydroxylation sites is 1. The zero-order valence-corrected chi connectivity index (χ0v) is 15.6. The first-order valence-electron chi connectivity index (χ1n) is 8.74. The lowest BCUT2D eigenvalue weighted by molar-refractivity contribution is 0.419. The van der Waals surface area contributed by atoms with Gasteiger partial charge in [0.25, 0.3) is 0 Å². The maximum atomic E-state index is 6.16. The highest BCUT2D eigenvalue weighted by atomic mass is 32.1. The van der Waals surface area contributed by atoms with E-state index >= 15 is 0 Å². The van der Waals surface area contributed by atoms with Crippen LogP contribution in [0.25, 0.3) is 16.6 Å². The second kappa shape index (κ2) is 6.31. The molecule has 0 unspecified atom stereocenters. The molecule has 1 aliphatic rings. The predicted molar refractivity (Wildman–Crippen MR) is 103 cm³/mol. The summed E-state index contributed by atoms with van der Waals surface area (Å²) >= 11 is 1.55. The minimum atomic E-state index is 0.211. The van der Waals surface area contributed by atoms with Gasteiger partial charge in [-0.3, -0.25) is 0 Å². The molecule has 0 bridgehead atoms. The lowest BCUT2D eigenvalue weighted by atomic mass is 9.98. The Kier molecular flexibility index (Phi) is 3.78. The Balaban J connectivity index is 1.58. The van der Waals surface area contributed by atoms with Crippen molar-refractivity contribution in [2.75, 3.05) is 30.8 Å². The minimum Gasteiger partial charge on any atom is -0.494 e. The number of nitrogens with two attached hydrogens (primary N) is 1. The third kappa shape index (κ3) is 2.64. The molecule has 1 fully saturated rings. The zero-order valence-electron chi connectivity index (χ0n) is 14.7. The highest BCUT2D eigenvalue weighted by molar-refractivity contribution is 7.13. The van der Waals surface area contributed by atoms with Gasteiger partial charge in [0.05, 0.1) is 7.11 Å². The lowest BCUT2D eigenvalue weighted by Gasteiger charge is -2.30. The van der Waals surface area contributed by atoms with E-state index < -0.39 is 0 Å². The second-order valence-corrected chi connectivity index (χ2v) is 7.35. The van der Waals surface area contributed by atoms with Crippen LogP contribution < -0.4 is 15.4 Å². The van der Waals surface area contributed by atoms with Crippen LogP contribution in [0.4, 0.5) is 11.1 Å². The summed E-state index contributed by atoms with van der Waals surface area (Å²) in [7, 11) is 1.62. The molecule has 0 spiro atoms. The predicted octanol–water partition coefficient (Wildman–Crippen LogP) is 2.10. The highest BCUT2D eigenvalue weighted by Gasteiger charge is 2.27. The van der Waals surface area contributed by atoms with Gasteiger partial charge >= 0.3 is 0 Å². The van der Waals surface area contributed by atoms with E-state index in [0.717, 1.165) is 42.3 Å². The van der Waals surface area contributed by atoms with Gasteiger partial charge in [0.2, 0.25) is 11.1 Å². The molecule has 138 valence electrons. The number of benzene rings is 1. The third-order valence-electron chi connectivity index (χ3n) is 4.93. The number of methoxy groups -OCH3 is 1. The number of anilines is 2. The van der Waals surface area contributed by atoms with E-state index in [2.05, 4.69) is 25.2 Å². The molecule has 4 heterocycles. The number of hydrogen-bond donors (Lipinski definition) is 1. The van der Waals surface area contributed by atoms with E-state index in [-0.39, 0.29) is 5.92 Å². The molecule has 0 radical (unpaired) electrons. The van der Waals surface area contributed by atoms with E-state index in [1.165, 1.54) is 0 Å². The first-order chi connectivity index (χ1) is 13.2. The molecule has 0 amide bonds. The van der Waals surface area contributed by atoms with Crippen molar-refractivity contribution in [2.45, 2.75) is 18.8 Å². The number of fused-ring (bicyclic) bond motifs is 3. The maximum Gasteiger partial charge on any atom is 0.223 e. The largest absolute Gasteiger partial charge is 0.494 e. The fourth-order valence-corrected chi connectivity index (χ4v) is 4.24. The molecular weight excluding hydrogens is 364 g/mol. The zero-order chi connectivity index (χ0) is 18.4. The van der Waals surface area contributed by atoms with E-state index in [4.69, 9.17) is 15.5 Å². The number of piperidine rings is 1. The van der Waals surface area contributed by atoms with Gasteiger partial charge in [0.1, 0.15) is 16.8 Å². The number of ether oxygens (including phenoxy) is 1. The number of aromatic nitrogens is 6. The van der Waals surface area contributed by atoms with Crippen LogP contribution in [-0.4, -0.2) is 50.0 Å². The molecule has 10 heteroatoms. The Bertz CT molecular complexity index is 1110. The van der Waals surface area contributed by atoms with Crippen molar-refractivity contribution in [3.63, 3.8) is 0 Å². The summed E-state index contributed by atoms with van der Waals surface area (Å²) in [5, 5.41) is 14.6. The van der Waals surface area contributed by atoms with Crippen LogP contribution in [0.15, 0.2) is 23.7 Å². The van der Waals surface area contributed by atoms with Crippen LogP contribution in [0.2, 0.25) is 0 Å². The van der Waals surface area contributed by atoms with Crippen molar-refractivity contribution < 1.29 is 4.74 Å². The van der Waals surface area contributed by atoms with Crippen molar-refractivity contribution >= 4 is 39.0 Å². The van der Waals surface area contributed by atoms with Crippen LogP contribution in [0.5, 0.6) is 5.75 Å². The third-order valence-corrected chi connectivity index (χ3v) is 5.68. The maximum absolute atomic E-state index is 6.16. The summed E-state index contributed by atoms with van der Waals surface area (Å²) in [6.07, 6.45) is 2.09. The van der Waals surface area contributed by atoms with Gasteiger partial charge in [-0.2, -0.15) is 4.52 Å². The highest BCUT2D eigenvalue weighted by Crippen LogP contribution is 2.32. The molecular formula is C17H18N8OS. The average molecular weight is 382 g/mol. The van der Waals surface area contributed by atoms with Gasteiger partial charge in [-0.05, 0) is 25.0 Å². The number of nitrogens with zero attached hydrogens (tertiary/aromatic N) is 7. The van der Waals surface area contributed by atoms with Crippen LogP contribution >= 0.6 is 11.3 Å². The normalized spacial score (nSPS) is 17.7. The van der Waals surface area contributed by atoms with Gasteiger partial charge in [-0.1, -0.05) is 17.4 Å². The molecule has 1 aliphatic heterocycles. The summed E-state index contributed by atoms with van der Waals surface area (Å²) in [5.41, 5.74) is 9.32. The van der Waals surface area contributed by atoms with Crippen LogP contribution in [0, 0.1) is 0 Å². The molecule has 3 aromatic heterocycles. The summed E-state index contributed by atoms with van der Waals surface area (Å²) in [5.74, 6) is 1.97. The quantitative estimate of drug-likeness (QED) is 0.574. The Morgan fingerprint density at radius 2 is 2.22 bits per heavy atom. The first kappa shape index (κ1) is 16.2. The van der Waals surface area contributed by atoms with Gasteiger partial charge in [-0.15, -0.1) is 15.3 Å². The Morgan fingerprint density at radius 3 is 3.04 bits per heavy atom. The van der Waals surface area contributed by atoms with Crippen molar-refractivity contribution in [3.8, 4) is 5.75 Å².